The number of hydrogen-bond acceptors (Lipinski definition) is 4. The number of rotatable bonds is 7. The molecule has 0 spiro atoms. The zero-order valence-electron chi connectivity index (χ0n) is 16.7. The van der Waals surface area contributed by atoms with E-state index in [9.17, 15) is 8.78 Å². The number of benzene rings is 1. The smallest absolute Gasteiger partial charge is 0.387 e. The third-order valence-corrected chi connectivity index (χ3v) is 5.93. The predicted molar refractivity (Wildman–Crippen MR) is 110 cm³/mol. The highest BCUT2D eigenvalue weighted by atomic mass is 35.5. The molecule has 0 radical (unpaired) electrons. The first kappa shape index (κ1) is 22.1. The van der Waals surface area contributed by atoms with Crippen molar-refractivity contribution in [1.29, 1.82) is 0 Å². The Labute approximate surface area is 175 Å². The summed E-state index contributed by atoms with van der Waals surface area (Å²) in [7, 11) is 1.69. The normalized spacial score (nSPS) is 20.1. The standard InChI is InChI=1S/C20H29ClF2N4O2/c1-24-19(25-13-15-12-16(21)4-5-17(15)29-18(22)23)26-14-20(6-10-28-11-7-20)27-8-2-3-9-27/h4-5,12,18H,2-3,6-11,13-14H2,1H3,(H2,24,25,26). The van der Waals surface area contributed by atoms with E-state index in [1.807, 2.05) is 0 Å². The summed E-state index contributed by atoms with van der Waals surface area (Å²) in [5, 5.41) is 7.06. The third kappa shape index (κ3) is 5.93. The fraction of sp³-hybridized carbons (Fsp3) is 0.650. The molecule has 0 bridgehead atoms. The topological polar surface area (TPSA) is 58.1 Å². The zero-order chi connectivity index (χ0) is 20.7. The number of ether oxygens (including phenoxy) is 2. The highest BCUT2D eigenvalue weighted by Gasteiger charge is 2.39. The van der Waals surface area contributed by atoms with Crippen LogP contribution in [0.2, 0.25) is 5.02 Å². The van der Waals surface area contributed by atoms with Crippen molar-refractivity contribution in [3.63, 3.8) is 0 Å². The van der Waals surface area contributed by atoms with Crippen molar-refractivity contribution in [3.8, 4) is 5.75 Å². The molecule has 6 nitrogen and oxygen atoms in total. The van der Waals surface area contributed by atoms with Gasteiger partial charge in [-0.25, -0.2) is 0 Å². The molecule has 0 amide bonds. The van der Waals surface area contributed by atoms with Gasteiger partial charge in [0.25, 0.3) is 0 Å². The van der Waals surface area contributed by atoms with E-state index in [1.54, 1.807) is 13.1 Å². The van der Waals surface area contributed by atoms with Crippen LogP contribution in [-0.4, -0.2) is 62.9 Å². The Morgan fingerprint density at radius 1 is 1.28 bits per heavy atom. The average Bonchev–Trinajstić information content (AvgIpc) is 3.26. The van der Waals surface area contributed by atoms with E-state index in [-0.39, 0.29) is 17.8 Å². The number of likely N-dealkylation sites (tertiary alicyclic amines) is 1. The highest BCUT2D eigenvalue weighted by Crippen LogP contribution is 2.31. The van der Waals surface area contributed by atoms with Crippen molar-refractivity contribution in [2.45, 2.75) is 44.4 Å². The monoisotopic (exact) mass is 430 g/mol. The molecule has 3 rings (SSSR count). The van der Waals surface area contributed by atoms with Gasteiger partial charge in [-0.1, -0.05) is 11.6 Å². The molecule has 162 valence electrons. The molecule has 9 heteroatoms. The van der Waals surface area contributed by atoms with Crippen LogP contribution in [0.25, 0.3) is 0 Å². The summed E-state index contributed by atoms with van der Waals surface area (Å²) in [4.78, 5) is 6.85. The van der Waals surface area contributed by atoms with Gasteiger partial charge in [-0.2, -0.15) is 8.78 Å². The number of halogens is 3. The van der Waals surface area contributed by atoms with Gasteiger partial charge in [0.15, 0.2) is 5.96 Å². The summed E-state index contributed by atoms with van der Waals surface area (Å²) < 4.78 is 35.5. The van der Waals surface area contributed by atoms with Crippen LogP contribution in [0.4, 0.5) is 8.78 Å². The minimum absolute atomic E-state index is 0.0619. The number of alkyl halides is 2. The van der Waals surface area contributed by atoms with Crippen molar-refractivity contribution in [2.75, 3.05) is 39.9 Å². The lowest BCUT2D eigenvalue weighted by molar-refractivity contribution is -0.0504. The second-order valence-electron chi connectivity index (χ2n) is 7.44. The van der Waals surface area contributed by atoms with Gasteiger partial charge in [0.1, 0.15) is 5.75 Å². The molecular formula is C20H29ClF2N4O2. The molecule has 1 aromatic carbocycles. The van der Waals surface area contributed by atoms with Crippen LogP contribution in [0.3, 0.4) is 0 Å². The maximum absolute atomic E-state index is 12.7. The molecule has 2 heterocycles. The van der Waals surface area contributed by atoms with E-state index in [4.69, 9.17) is 16.3 Å². The van der Waals surface area contributed by atoms with E-state index < -0.39 is 6.61 Å². The minimum Gasteiger partial charge on any atom is -0.434 e. The van der Waals surface area contributed by atoms with E-state index >= 15 is 0 Å². The van der Waals surface area contributed by atoms with E-state index in [0.717, 1.165) is 45.7 Å². The SMILES string of the molecule is CN=C(NCc1cc(Cl)ccc1OC(F)F)NCC1(N2CCCC2)CCOCC1. The summed E-state index contributed by atoms with van der Waals surface area (Å²) >= 11 is 6.02. The maximum Gasteiger partial charge on any atom is 0.387 e. The number of nitrogens with one attached hydrogen (secondary N) is 2. The van der Waals surface area contributed by atoms with Crippen LogP contribution in [0.15, 0.2) is 23.2 Å². The fourth-order valence-electron chi connectivity index (χ4n) is 4.09. The molecule has 2 fully saturated rings. The number of guanidine groups is 1. The summed E-state index contributed by atoms with van der Waals surface area (Å²) in [6.07, 6.45) is 4.43. The van der Waals surface area contributed by atoms with Crippen molar-refractivity contribution >= 4 is 17.6 Å². The second kappa shape index (κ2) is 10.4. The number of hydrogen-bond donors (Lipinski definition) is 2. The predicted octanol–water partition coefficient (Wildman–Crippen LogP) is 3.25. The molecule has 2 aliphatic rings. The first-order valence-corrected chi connectivity index (χ1v) is 10.4. The molecule has 0 unspecified atom stereocenters. The summed E-state index contributed by atoms with van der Waals surface area (Å²) in [6, 6.07) is 4.59. The minimum atomic E-state index is -2.89. The third-order valence-electron chi connectivity index (χ3n) is 5.69. The fourth-order valence-corrected chi connectivity index (χ4v) is 4.29. The lowest BCUT2D eigenvalue weighted by Gasteiger charge is -2.45. The van der Waals surface area contributed by atoms with E-state index in [2.05, 4.69) is 25.3 Å². The van der Waals surface area contributed by atoms with Crippen LogP contribution < -0.4 is 15.4 Å². The summed E-state index contributed by atoms with van der Waals surface area (Å²) in [5.41, 5.74) is 0.605. The molecule has 0 atom stereocenters. The Hall–Kier alpha value is -1.64. The van der Waals surface area contributed by atoms with Crippen LogP contribution in [0.1, 0.15) is 31.2 Å². The van der Waals surface area contributed by atoms with E-state index in [1.165, 1.54) is 25.0 Å². The first-order chi connectivity index (χ1) is 14.0. The number of nitrogens with zero attached hydrogens (tertiary/aromatic N) is 2. The van der Waals surface area contributed by atoms with Crippen molar-refractivity contribution in [2.24, 2.45) is 4.99 Å². The summed E-state index contributed by atoms with van der Waals surface area (Å²) in [6.45, 7) is 1.90. The van der Waals surface area contributed by atoms with Gasteiger partial charge >= 0.3 is 6.61 Å². The quantitative estimate of drug-likeness (QED) is 0.513. The molecule has 2 N–H and O–H groups in total. The summed E-state index contributed by atoms with van der Waals surface area (Å²) in [5.74, 6) is 0.711. The Balaban J connectivity index is 1.61. The second-order valence-corrected chi connectivity index (χ2v) is 7.88. The molecular weight excluding hydrogens is 402 g/mol. The van der Waals surface area contributed by atoms with Crippen LogP contribution in [-0.2, 0) is 11.3 Å². The molecule has 1 aromatic rings. The molecule has 29 heavy (non-hydrogen) atoms. The Kier molecular flexibility index (Phi) is 7.91. The molecule has 2 aliphatic heterocycles. The van der Waals surface area contributed by atoms with Crippen LogP contribution in [0, 0.1) is 0 Å². The maximum atomic E-state index is 12.7. The van der Waals surface area contributed by atoms with Gasteiger partial charge in [0.05, 0.1) is 0 Å². The molecule has 0 saturated carbocycles. The molecule has 2 saturated heterocycles. The Morgan fingerprint density at radius 3 is 2.66 bits per heavy atom. The van der Waals surface area contributed by atoms with Gasteiger partial charge in [-0.05, 0) is 57.0 Å². The van der Waals surface area contributed by atoms with E-state index in [0.29, 0.717) is 16.5 Å². The van der Waals surface area contributed by atoms with Gasteiger partial charge < -0.3 is 20.1 Å². The first-order valence-electron chi connectivity index (χ1n) is 10.0. The van der Waals surface area contributed by atoms with Crippen molar-refractivity contribution in [3.05, 3.63) is 28.8 Å². The average molecular weight is 431 g/mol. The number of aliphatic imine (C=N–C) groups is 1. The molecule has 0 aliphatic carbocycles. The lowest BCUT2D eigenvalue weighted by atomic mass is 9.88. The van der Waals surface area contributed by atoms with Gasteiger partial charge in [0.2, 0.25) is 0 Å². The van der Waals surface area contributed by atoms with Gasteiger partial charge in [0, 0.05) is 49.5 Å². The van der Waals surface area contributed by atoms with Gasteiger partial charge in [-0.15, -0.1) is 0 Å². The zero-order valence-corrected chi connectivity index (χ0v) is 17.5. The Morgan fingerprint density at radius 2 is 2.00 bits per heavy atom. The molecule has 0 aromatic heterocycles. The Bertz CT molecular complexity index is 693. The lowest BCUT2D eigenvalue weighted by Crippen LogP contribution is -2.58. The largest absolute Gasteiger partial charge is 0.434 e. The van der Waals surface area contributed by atoms with Crippen LogP contribution >= 0.6 is 11.6 Å². The van der Waals surface area contributed by atoms with Crippen molar-refractivity contribution in [1.82, 2.24) is 15.5 Å². The van der Waals surface area contributed by atoms with Gasteiger partial charge in [-0.3, -0.25) is 9.89 Å². The van der Waals surface area contributed by atoms with Crippen molar-refractivity contribution < 1.29 is 18.3 Å². The highest BCUT2D eigenvalue weighted by molar-refractivity contribution is 6.30. The van der Waals surface area contributed by atoms with Crippen LogP contribution in [0.5, 0.6) is 5.75 Å².